The van der Waals surface area contributed by atoms with Crippen LogP contribution in [0.4, 0.5) is 8.78 Å². The predicted molar refractivity (Wildman–Crippen MR) is 147 cm³/mol. The van der Waals surface area contributed by atoms with E-state index in [2.05, 4.69) is 16.3 Å². The Balaban J connectivity index is 1.47. The summed E-state index contributed by atoms with van der Waals surface area (Å²) in [5.41, 5.74) is 5.07. The summed E-state index contributed by atoms with van der Waals surface area (Å²) in [6.07, 6.45) is 1.56. The van der Waals surface area contributed by atoms with Gasteiger partial charge in [-0.2, -0.15) is 5.26 Å². The van der Waals surface area contributed by atoms with Gasteiger partial charge in [0, 0.05) is 23.7 Å². The second-order valence-corrected chi connectivity index (χ2v) is 9.48. The molecule has 5 aromatic rings. The van der Waals surface area contributed by atoms with Crippen LogP contribution >= 0.6 is 0 Å². The zero-order valence-corrected chi connectivity index (χ0v) is 21.8. The molecule has 1 heterocycles. The lowest BCUT2D eigenvalue weighted by Crippen LogP contribution is -2.32. The van der Waals surface area contributed by atoms with E-state index in [1.165, 1.54) is 17.0 Å². The number of benzene rings is 4. The molecule has 4 aromatic carbocycles. The number of amides is 1. The maximum Gasteiger partial charge on any atom is 0.254 e. The summed E-state index contributed by atoms with van der Waals surface area (Å²) in [4.78, 5) is 15.4. The third-order valence-corrected chi connectivity index (χ3v) is 6.69. The molecule has 0 aliphatic carbocycles. The molecule has 0 saturated heterocycles. The molecule has 0 bridgehead atoms. The maximum atomic E-state index is 14.7. The van der Waals surface area contributed by atoms with Gasteiger partial charge >= 0.3 is 0 Å². The molecule has 198 valence electrons. The lowest BCUT2D eigenvalue weighted by Gasteiger charge is -2.23. The molecule has 0 saturated carbocycles. The van der Waals surface area contributed by atoms with E-state index in [-0.39, 0.29) is 24.6 Å². The maximum absolute atomic E-state index is 14.7. The molecule has 1 aromatic heterocycles. The Kier molecular flexibility index (Phi) is 7.74. The van der Waals surface area contributed by atoms with Crippen LogP contribution in [0.5, 0.6) is 0 Å². The fourth-order valence-electron chi connectivity index (χ4n) is 4.54. The lowest BCUT2D eigenvalue weighted by molar-refractivity contribution is 0.0722. The first-order valence-corrected chi connectivity index (χ1v) is 12.7. The highest BCUT2D eigenvalue weighted by atomic mass is 19.1. The summed E-state index contributed by atoms with van der Waals surface area (Å²) in [6, 6.07) is 27.8. The van der Waals surface area contributed by atoms with Crippen LogP contribution in [0.2, 0.25) is 0 Å². The van der Waals surface area contributed by atoms with Gasteiger partial charge in [-0.15, -0.1) is 10.2 Å². The average molecular weight is 534 g/mol. The molecular formula is C32H25F2N5O. The number of nitrogens with zero attached hydrogens (tertiary/aromatic N) is 5. The second-order valence-electron chi connectivity index (χ2n) is 9.48. The Bertz CT molecular complexity index is 1710. The number of aromatic nitrogens is 3. The quantitative estimate of drug-likeness (QED) is 0.235. The van der Waals surface area contributed by atoms with Crippen molar-refractivity contribution in [2.45, 2.75) is 26.6 Å². The topological polar surface area (TPSA) is 74.8 Å². The van der Waals surface area contributed by atoms with E-state index < -0.39 is 11.6 Å². The van der Waals surface area contributed by atoms with Crippen molar-refractivity contribution < 1.29 is 13.6 Å². The van der Waals surface area contributed by atoms with Crippen LogP contribution in [0, 0.1) is 29.9 Å². The summed E-state index contributed by atoms with van der Waals surface area (Å²) in [5.74, 6) is -1.25. The van der Waals surface area contributed by atoms with E-state index in [0.29, 0.717) is 23.5 Å². The van der Waals surface area contributed by atoms with E-state index >= 15 is 0 Å². The van der Waals surface area contributed by atoms with Gasteiger partial charge in [0.2, 0.25) is 0 Å². The van der Waals surface area contributed by atoms with E-state index in [4.69, 9.17) is 5.26 Å². The number of halogens is 2. The van der Waals surface area contributed by atoms with Crippen molar-refractivity contribution in [1.29, 1.82) is 5.26 Å². The molecular weight excluding hydrogens is 508 g/mol. The fourth-order valence-corrected chi connectivity index (χ4v) is 4.54. The first kappa shape index (κ1) is 26.4. The average Bonchev–Trinajstić information content (AvgIpc) is 3.40. The summed E-state index contributed by atoms with van der Waals surface area (Å²) in [7, 11) is 0. The van der Waals surface area contributed by atoms with Crippen LogP contribution in [-0.2, 0) is 19.6 Å². The highest BCUT2D eigenvalue weighted by Gasteiger charge is 2.22. The number of carbonyl (C=O) groups excluding carboxylic acids is 1. The molecule has 0 atom stereocenters. The summed E-state index contributed by atoms with van der Waals surface area (Å²) in [5, 5.41) is 17.3. The van der Waals surface area contributed by atoms with Gasteiger partial charge in [0.1, 0.15) is 18.0 Å². The van der Waals surface area contributed by atoms with Gasteiger partial charge in [0.15, 0.2) is 5.82 Å². The molecule has 0 N–H and O–H groups in total. The van der Waals surface area contributed by atoms with E-state index in [9.17, 15) is 13.6 Å². The van der Waals surface area contributed by atoms with E-state index in [1.54, 1.807) is 29.1 Å². The van der Waals surface area contributed by atoms with E-state index in [0.717, 1.165) is 28.3 Å². The molecule has 0 aliphatic heterocycles. The Morgan fingerprint density at radius 1 is 0.950 bits per heavy atom. The van der Waals surface area contributed by atoms with Gasteiger partial charge in [-0.1, -0.05) is 54.6 Å². The Morgan fingerprint density at radius 2 is 1.75 bits per heavy atom. The monoisotopic (exact) mass is 533 g/mol. The molecule has 0 unspecified atom stereocenters. The Hall–Kier alpha value is -5.16. The standard InChI is InChI=1S/C32H25F2N5O/c1-22-5-2-3-8-29(22)25-6-4-7-26(15-25)32(40)38(19-27-13-14-28(33)16-30(27)34)20-31-37-36-21-39(31)18-24-11-9-23(17-35)10-12-24/h2-16,21H,18-20H2,1H3. The SMILES string of the molecule is Cc1ccccc1-c1cccc(C(=O)N(Cc2ccc(F)cc2F)Cc2nncn2Cc2ccc(C#N)cc2)c1. The minimum absolute atomic E-state index is 0.0422. The summed E-state index contributed by atoms with van der Waals surface area (Å²) < 4.78 is 30.1. The van der Waals surface area contributed by atoms with Crippen LogP contribution in [0.15, 0.2) is 97.3 Å². The fraction of sp³-hybridized carbons (Fsp3) is 0.125. The number of nitriles is 1. The number of aryl methyl sites for hydroxylation is 1. The number of carbonyl (C=O) groups is 1. The first-order chi connectivity index (χ1) is 19.4. The van der Waals surface area contributed by atoms with Crippen LogP contribution in [0.1, 0.15) is 38.4 Å². The van der Waals surface area contributed by atoms with Crippen molar-refractivity contribution in [3.8, 4) is 17.2 Å². The largest absolute Gasteiger partial charge is 0.327 e. The molecule has 0 aliphatic rings. The molecule has 8 heteroatoms. The number of rotatable bonds is 8. The van der Waals surface area contributed by atoms with Gasteiger partial charge in [0.05, 0.1) is 24.7 Å². The van der Waals surface area contributed by atoms with Crippen molar-refractivity contribution in [3.05, 3.63) is 143 Å². The predicted octanol–water partition coefficient (Wildman–Crippen LogP) is 6.29. The van der Waals surface area contributed by atoms with Crippen LogP contribution in [-0.4, -0.2) is 25.6 Å². The Labute approximate surface area is 230 Å². The van der Waals surface area contributed by atoms with Gasteiger partial charge in [0.25, 0.3) is 5.91 Å². The van der Waals surface area contributed by atoms with Crippen LogP contribution < -0.4 is 0 Å². The van der Waals surface area contributed by atoms with Crippen molar-refractivity contribution in [1.82, 2.24) is 19.7 Å². The van der Waals surface area contributed by atoms with Crippen molar-refractivity contribution >= 4 is 5.91 Å². The molecule has 1 amide bonds. The van der Waals surface area contributed by atoms with E-state index in [1.807, 2.05) is 61.5 Å². The first-order valence-electron chi connectivity index (χ1n) is 12.7. The zero-order valence-electron chi connectivity index (χ0n) is 21.8. The molecule has 0 radical (unpaired) electrons. The van der Waals surface area contributed by atoms with Crippen molar-refractivity contribution in [2.24, 2.45) is 0 Å². The van der Waals surface area contributed by atoms with Crippen LogP contribution in [0.25, 0.3) is 11.1 Å². The minimum Gasteiger partial charge on any atom is -0.327 e. The highest BCUT2D eigenvalue weighted by Crippen LogP contribution is 2.25. The highest BCUT2D eigenvalue weighted by molar-refractivity contribution is 5.95. The van der Waals surface area contributed by atoms with Gasteiger partial charge in [-0.3, -0.25) is 4.79 Å². The summed E-state index contributed by atoms with van der Waals surface area (Å²) in [6.45, 7) is 2.38. The lowest BCUT2D eigenvalue weighted by atomic mass is 9.98. The third kappa shape index (κ3) is 5.94. The number of hydrogen-bond acceptors (Lipinski definition) is 4. The molecule has 6 nitrogen and oxygen atoms in total. The zero-order chi connectivity index (χ0) is 28.1. The van der Waals surface area contributed by atoms with Crippen LogP contribution in [0.3, 0.4) is 0 Å². The molecule has 0 spiro atoms. The Morgan fingerprint density at radius 3 is 2.50 bits per heavy atom. The second kappa shape index (κ2) is 11.7. The van der Waals surface area contributed by atoms with Crippen molar-refractivity contribution in [3.63, 3.8) is 0 Å². The van der Waals surface area contributed by atoms with Gasteiger partial charge in [-0.05, 0) is 59.5 Å². The minimum atomic E-state index is -0.731. The smallest absolute Gasteiger partial charge is 0.254 e. The third-order valence-electron chi connectivity index (χ3n) is 6.69. The van der Waals surface area contributed by atoms with Gasteiger partial charge in [-0.25, -0.2) is 8.78 Å². The van der Waals surface area contributed by atoms with Crippen molar-refractivity contribution in [2.75, 3.05) is 0 Å². The normalized spacial score (nSPS) is 10.8. The summed E-state index contributed by atoms with van der Waals surface area (Å²) >= 11 is 0. The number of hydrogen-bond donors (Lipinski definition) is 0. The van der Waals surface area contributed by atoms with Gasteiger partial charge < -0.3 is 9.47 Å². The molecule has 0 fully saturated rings. The molecule has 40 heavy (non-hydrogen) atoms. The molecule has 5 rings (SSSR count).